The van der Waals surface area contributed by atoms with Crippen molar-refractivity contribution in [3.63, 3.8) is 0 Å². The lowest BCUT2D eigenvalue weighted by Gasteiger charge is -2.57. The van der Waals surface area contributed by atoms with Crippen molar-refractivity contribution in [2.45, 2.75) is 62.9 Å². The number of hydrogen-bond acceptors (Lipinski definition) is 4. The van der Waals surface area contributed by atoms with Gasteiger partial charge in [0.05, 0.1) is 12.2 Å². The van der Waals surface area contributed by atoms with Crippen LogP contribution in [-0.2, 0) is 10.2 Å². The van der Waals surface area contributed by atoms with E-state index in [9.17, 15) is 20.1 Å². The van der Waals surface area contributed by atoms with Gasteiger partial charge in [0.25, 0.3) is 0 Å². The summed E-state index contributed by atoms with van der Waals surface area (Å²) in [5, 5.41) is 32.9. The van der Waals surface area contributed by atoms with Crippen molar-refractivity contribution in [2.24, 2.45) is 17.8 Å². The molecule has 0 amide bonds. The number of aliphatic hydroxyl groups is 3. The van der Waals surface area contributed by atoms with E-state index in [0.29, 0.717) is 18.4 Å². The Balaban J connectivity index is 1.29. The molecule has 0 saturated heterocycles. The number of carbonyl (C=O) groups excluding carboxylic acids is 1. The van der Waals surface area contributed by atoms with Gasteiger partial charge in [0.2, 0.25) is 0 Å². The number of aliphatic hydroxyl groups excluding tert-OH is 3. The summed E-state index contributed by atoms with van der Waals surface area (Å²) in [5.41, 5.74) is 5.77. The number of benzene rings is 3. The van der Waals surface area contributed by atoms with Gasteiger partial charge in [0, 0.05) is 12.8 Å². The van der Waals surface area contributed by atoms with Crippen molar-refractivity contribution in [3.8, 4) is 11.1 Å². The SMILES string of the molecule is O=C1CCC(O)=C1c1ccc2cc(-c3ccc(C(O)CO)c(C45CC6CC(CC(C6)C4)C5)c3)ccc2c1. The molecule has 0 heterocycles. The first kappa shape index (κ1) is 23.2. The molecule has 4 bridgehead atoms. The van der Waals surface area contributed by atoms with E-state index in [4.69, 9.17) is 0 Å². The molecule has 4 fully saturated rings. The molecule has 5 aliphatic carbocycles. The maximum atomic E-state index is 12.3. The van der Waals surface area contributed by atoms with Crippen molar-refractivity contribution < 1.29 is 20.1 Å². The van der Waals surface area contributed by atoms with Crippen LogP contribution in [0, 0.1) is 17.8 Å². The minimum atomic E-state index is -0.851. The van der Waals surface area contributed by atoms with Gasteiger partial charge in [-0.05, 0) is 112 Å². The quantitative estimate of drug-likeness (QED) is 0.372. The third kappa shape index (κ3) is 3.76. The van der Waals surface area contributed by atoms with Crippen LogP contribution in [0.5, 0.6) is 0 Å². The van der Waals surface area contributed by atoms with Gasteiger partial charge in [-0.15, -0.1) is 0 Å². The molecule has 1 atom stereocenters. The molecule has 0 aromatic heterocycles. The highest BCUT2D eigenvalue weighted by Crippen LogP contribution is 2.61. The van der Waals surface area contributed by atoms with Gasteiger partial charge < -0.3 is 15.3 Å². The number of hydrogen-bond donors (Lipinski definition) is 3. The van der Waals surface area contributed by atoms with Crippen molar-refractivity contribution in [2.75, 3.05) is 6.61 Å². The average molecular weight is 495 g/mol. The lowest BCUT2D eigenvalue weighted by atomic mass is 9.47. The fourth-order valence-corrected chi connectivity index (χ4v) is 8.58. The Morgan fingerprint density at radius 3 is 1.95 bits per heavy atom. The van der Waals surface area contributed by atoms with Crippen LogP contribution >= 0.6 is 0 Å². The van der Waals surface area contributed by atoms with Gasteiger partial charge >= 0.3 is 0 Å². The van der Waals surface area contributed by atoms with Crippen LogP contribution in [0.4, 0.5) is 0 Å². The summed E-state index contributed by atoms with van der Waals surface area (Å²) in [4.78, 5) is 12.3. The van der Waals surface area contributed by atoms with E-state index in [1.807, 2.05) is 24.3 Å². The Kier molecular flexibility index (Phi) is 5.35. The van der Waals surface area contributed by atoms with E-state index in [0.717, 1.165) is 50.8 Å². The second kappa shape index (κ2) is 8.54. The lowest BCUT2D eigenvalue weighted by Crippen LogP contribution is -2.49. The minimum Gasteiger partial charge on any atom is -0.512 e. The molecular weight excluding hydrogens is 460 g/mol. The molecule has 0 radical (unpaired) electrons. The predicted molar refractivity (Wildman–Crippen MR) is 145 cm³/mol. The molecule has 4 nitrogen and oxygen atoms in total. The first-order chi connectivity index (χ1) is 17.9. The van der Waals surface area contributed by atoms with Crippen LogP contribution in [0.1, 0.15) is 74.2 Å². The molecule has 3 aromatic carbocycles. The molecule has 0 aliphatic heterocycles. The van der Waals surface area contributed by atoms with E-state index in [1.54, 1.807) is 0 Å². The highest BCUT2D eigenvalue weighted by Gasteiger charge is 2.52. The van der Waals surface area contributed by atoms with Crippen LogP contribution in [0.2, 0.25) is 0 Å². The van der Waals surface area contributed by atoms with Crippen LogP contribution < -0.4 is 0 Å². The number of ketones is 1. The van der Waals surface area contributed by atoms with Crippen LogP contribution in [0.15, 0.2) is 60.4 Å². The average Bonchev–Trinajstić information content (AvgIpc) is 3.24. The van der Waals surface area contributed by atoms with Gasteiger partial charge in [-0.3, -0.25) is 4.79 Å². The van der Waals surface area contributed by atoms with Gasteiger partial charge in [0.1, 0.15) is 11.9 Å². The highest BCUT2D eigenvalue weighted by molar-refractivity contribution is 6.23. The fourth-order valence-electron chi connectivity index (χ4n) is 8.58. The van der Waals surface area contributed by atoms with Gasteiger partial charge in [-0.25, -0.2) is 0 Å². The smallest absolute Gasteiger partial charge is 0.167 e. The topological polar surface area (TPSA) is 77.8 Å². The molecule has 3 N–H and O–H groups in total. The number of Topliss-reactive ketones (excluding diaryl/α,β-unsaturated/α-hetero) is 1. The molecule has 5 aliphatic rings. The maximum absolute atomic E-state index is 12.3. The summed E-state index contributed by atoms with van der Waals surface area (Å²) in [7, 11) is 0. The third-order valence-electron chi connectivity index (χ3n) is 9.81. The Bertz CT molecular complexity index is 1410. The Labute approximate surface area is 217 Å². The van der Waals surface area contributed by atoms with E-state index in [-0.39, 0.29) is 23.6 Å². The predicted octanol–water partition coefficient (Wildman–Crippen LogP) is 6.63. The molecule has 8 rings (SSSR count). The summed E-state index contributed by atoms with van der Waals surface area (Å²) in [6.07, 6.45) is 7.66. The van der Waals surface area contributed by atoms with E-state index < -0.39 is 6.10 Å². The zero-order valence-corrected chi connectivity index (χ0v) is 21.1. The molecule has 3 aromatic rings. The molecule has 0 spiro atoms. The minimum absolute atomic E-state index is 0.0100. The highest BCUT2D eigenvalue weighted by atomic mass is 16.3. The number of carbonyl (C=O) groups is 1. The standard InChI is InChI=1S/C33H34O4/c34-18-31(37)27-6-5-25(14-28(27)33-15-19-9-20(16-33)11-21(10-19)17-33)23-1-2-24-13-26(4-3-22(24)12-23)32-29(35)7-8-30(32)36/h1-6,12-14,19-21,31,34-35,37H,7-11,15-18H2. The zero-order chi connectivity index (χ0) is 25.3. The molecule has 190 valence electrons. The summed E-state index contributed by atoms with van der Waals surface area (Å²) >= 11 is 0. The van der Waals surface area contributed by atoms with Gasteiger partial charge in [-0.1, -0.05) is 42.5 Å². The van der Waals surface area contributed by atoms with E-state index >= 15 is 0 Å². The maximum Gasteiger partial charge on any atom is 0.167 e. The van der Waals surface area contributed by atoms with Gasteiger partial charge in [-0.2, -0.15) is 0 Å². The van der Waals surface area contributed by atoms with Crippen molar-refractivity contribution in [1.29, 1.82) is 0 Å². The summed E-state index contributed by atoms with van der Waals surface area (Å²) in [6.45, 7) is -0.258. The monoisotopic (exact) mass is 494 g/mol. The first-order valence-electron chi connectivity index (χ1n) is 13.9. The van der Waals surface area contributed by atoms with Crippen molar-refractivity contribution >= 4 is 22.1 Å². The molecule has 4 saturated carbocycles. The fraction of sp³-hybridized carbons (Fsp3) is 0.424. The van der Waals surface area contributed by atoms with Crippen LogP contribution in [0.3, 0.4) is 0 Å². The first-order valence-corrected chi connectivity index (χ1v) is 13.9. The normalized spacial score (nSPS) is 29.5. The Morgan fingerprint density at radius 2 is 1.35 bits per heavy atom. The summed E-state index contributed by atoms with van der Waals surface area (Å²) in [6, 6.07) is 18.8. The molecule has 37 heavy (non-hydrogen) atoms. The van der Waals surface area contributed by atoms with Crippen molar-refractivity contribution in [3.05, 3.63) is 77.0 Å². The van der Waals surface area contributed by atoms with Crippen LogP contribution in [0.25, 0.3) is 27.5 Å². The van der Waals surface area contributed by atoms with E-state index in [1.165, 1.54) is 44.1 Å². The Morgan fingerprint density at radius 1 is 0.784 bits per heavy atom. The third-order valence-corrected chi connectivity index (χ3v) is 9.81. The zero-order valence-electron chi connectivity index (χ0n) is 21.1. The Hall–Kier alpha value is -2.95. The number of allylic oxidation sites excluding steroid dienone is 2. The summed E-state index contributed by atoms with van der Waals surface area (Å²) < 4.78 is 0. The largest absolute Gasteiger partial charge is 0.512 e. The molecule has 4 heteroatoms. The molecular formula is C33H34O4. The van der Waals surface area contributed by atoms with Crippen LogP contribution in [-0.4, -0.2) is 27.7 Å². The number of rotatable bonds is 5. The lowest BCUT2D eigenvalue weighted by molar-refractivity contribution is -0.113. The van der Waals surface area contributed by atoms with E-state index in [2.05, 4.69) is 30.3 Å². The second-order valence-electron chi connectivity index (χ2n) is 12.2. The van der Waals surface area contributed by atoms with Gasteiger partial charge in [0.15, 0.2) is 5.78 Å². The summed E-state index contributed by atoms with van der Waals surface area (Å²) in [5.74, 6) is 2.60. The molecule has 1 unspecified atom stereocenters. The van der Waals surface area contributed by atoms with Crippen molar-refractivity contribution in [1.82, 2.24) is 0 Å². The second-order valence-corrected chi connectivity index (χ2v) is 12.2. The number of fused-ring (bicyclic) bond motifs is 1.